The molecule has 2 aliphatic rings. The van der Waals surface area contributed by atoms with Crippen molar-refractivity contribution < 1.29 is 9.32 Å². The van der Waals surface area contributed by atoms with Gasteiger partial charge in [0, 0.05) is 21.3 Å². The molecule has 0 radical (unpaired) electrons. The summed E-state index contributed by atoms with van der Waals surface area (Å²) in [4.78, 5) is 0. The predicted molar refractivity (Wildman–Crippen MR) is 74.6 cm³/mol. The Balaban J connectivity index is 1.91. The maximum absolute atomic E-state index is 12.0. The average molecular weight is 262 g/mol. The highest BCUT2D eigenvalue weighted by atomic mass is 32.2. The molecule has 2 saturated heterocycles. The van der Waals surface area contributed by atoms with Crippen LogP contribution in [0.3, 0.4) is 0 Å². The second kappa shape index (κ2) is 4.32. The van der Waals surface area contributed by atoms with Gasteiger partial charge >= 0.3 is 0 Å². The molecule has 3 heteroatoms. The van der Waals surface area contributed by atoms with Gasteiger partial charge in [-0.15, -0.1) is 0 Å². The Hall–Kier alpha value is -0.930. The van der Waals surface area contributed by atoms with Crippen LogP contribution in [-0.4, -0.2) is 19.8 Å². The molecule has 2 atom stereocenters. The molecule has 0 spiro atoms. The highest BCUT2D eigenvalue weighted by Gasteiger charge is 2.48. The van der Waals surface area contributed by atoms with Gasteiger partial charge in [-0.25, -0.2) is 0 Å². The maximum Gasteiger partial charge on any atom is 0.0919 e. The predicted octanol–water partition coefficient (Wildman–Crippen LogP) is 2.59. The molecule has 1 N–H and O–H groups in total. The van der Waals surface area contributed by atoms with Crippen molar-refractivity contribution in [1.82, 2.24) is 0 Å². The Morgan fingerprint density at radius 2 is 1.78 bits per heavy atom. The second-order valence-corrected chi connectivity index (χ2v) is 7.41. The molecule has 96 valence electrons. The van der Waals surface area contributed by atoms with Crippen molar-refractivity contribution in [3.05, 3.63) is 42.0 Å². The van der Waals surface area contributed by atoms with E-state index >= 15 is 0 Å². The van der Waals surface area contributed by atoms with Gasteiger partial charge in [0.2, 0.25) is 0 Å². The molecule has 0 amide bonds. The van der Waals surface area contributed by atoms with Crippen LogP contribution in [0.25, 0.3) is 6.08 Å². The summed E-state index contributed by atoms with van der Waals surface area (Å²) < 4.78 is 12.0. The lowest BCUT2D eigenvalue weighted by molar-refractivity contribution is 0.0185. The number of aliphatic hydroxyl groups is 1. The zero-order chi connectivity index (χ0) is 12.8. The molecule has 3 rings (SSSR count). The fraction of sp³-hybridized carbons (Fsp3) is 0.467. The minimum absolute atomic E-state index is 0.188. The van der Waals surface area contributed by atoms with Crippen LogP contribution >= 0.6 is 0 Å². The first-order valence-electron chi connectivity index (χ1n) is 6.47. The highest BCUT2D eigenvalue weighted by molar-refractivity contribution is 7.86. The molecule has 2 fully saturated rings. The van der Waals surface area contributed by atoms with E-state index < -0.39 is 16.4 Å². The third kappa shape index (κ3) is 1.86. The highest BCUT2D eigenvalue weighted by Crippen LogP contribution is 2.45. The van der Waals surface area contributed by atoms with Gasteiger partial charge in [0.15, 0.2) is 0 Å². The minimum Gasteiger partial charge on any atom is -0.385 e. The van der Waals surface area contributed by atoms with Crippen LogP contribution in [0.2, 0.25) is 0 Å². The van der Waals surface area contributed by atoms with Crippen molar-refractivity contribution in [3.8, 4) is 0 Å². The molecule has 1 aromatic rings. The van der Waals surface area contributed by atoms with Gasteiger partial charge in [-0.05, 0) is 36.8 Å². The van der Waals surface area contributed by atoms with E-state index in [9.17, 15) is 9.32 Å². The molecule has 0 aliphatic carbocycles. The number of hydrogen-bond acceptors (Lipinski definition) is 2. The van der Waals surface area contributed by atoms with E-state index in [1.807, 2.05) is 24.3 Å². The van der Waals surface area contributed by atoms with E-state index in [2.05, 4.69) is 6.58 Å². The van der Waals surface area contributed by atoms with Crippen molar-refractivity contribution in [2.75, 3.05) is 0 Å². The van der Waals surface area contributed by atoms with E-state index in [4.69, 9.17) is 0 Å². The van der Waals surface area contributed by atoms with E-state index in [1.165, 1.54) is 0 Å². The Morgan fingerprint density at radius 1 is 1.22 bits per heavy atom. The van der Waals surface area contributed by atoms with Crippen LogP contribution in [0.5, 0.6) is 0 Å². The van der Waals surface area contributed by atoms with E-state index in [0.717, 1.165) is 24.0 Å². The van der Waals surface area contributed by atoms with E-state index in [0.29, 0.717) is 12.8 Å². The zero-order valence-electron chi connectivity index (χ0n) is 10.3. The van der Waals surface area contributed by atoms with Crippen molar-refractivity contribution in [2.24, 2.45) is 0 Å². The minimum atomic E-state index is -0.778. The van der Waals surface area contributed by atoms with Crippen molar-refractivity contribution in [2.45, 2.75) is 41.8 Å². The quantitative estimate of drug-likeness (QED) is 0.889. The molecule has 2 aliphatic heterocycles. The lowest BCUT2D eigenvalue weighted by atomic mass is 9.85. The van der Waals surface area contributed by atoms with Crippen LogP contribution in [0.1, 0.15) is 36.8 Å². The molecule has 1 aromatic carbocycles. The lowest BCUT2D eigenvalue weighted by Crippen LogP contribution is -2.40. The smallest absolute Gasteiger partial charge is 0.0919 e. The average Bonchev–Trinajstić information content (AvgIpc) is 2.63. The molecule has 18 heavy (non-hydrogen) atoms. The topological polar surface area (TPSA) is 37.3 Å². The Bertz CT molecular complexity index is 476. The number of benzene rings is 1. The van der Waals surface area contributed by atoms with Gasteiger partial charge in [0.1, 0.15) is 0 Å². The Labute approximate surface area is 110 Å². The summed E-state index contributed by atoms with van der Waals surface area (Å²) in [6.45, 7) is 3.73. The van der Waals surface area contributed by atoms with Crippen LogP contribution in [0.4, 0.5) is 0 Å². The molecule has 0 aromatic heterocycles. The summed E-state index contributed by atoms with van der Waals surface area (Å²) in [5.41, 5.74) is 1.24. The third-order valence-corrected chi connectivity index (χ3v) is 6.40. The van der Waals surface area contributed by atoms with Gasteiger partial charge in [0.25, 0.3) is 0 Å². The van der Waals surface area contributed by atoms with Crippen LogP contribution in [0, 0.1) is 0 Å². The summed E-state index contributed by atoms with van der Waals surface area (Å²) in [6, 6.07) is 7.91. The summed E-state index contributed by atoms with van der Waals surface area (Å²) >= 11 is 0. The zero-order valence-corrected chi connectivity index (χ0v) is 11.2. The first-order chi connectivity index (χ1) is 8.62. The normalized spacial score (nSPS) is 38.6. The lowest BCUT2D eigenvalue weighted by Gasteiger charge is -2.36. The van der Waals surface area contributed by atoms with E-state index in [1.54, 1.807) is 6.08 Å². The summed E-state index contributed by atoms with van der Waals surface area (Å²) in [5, 5.41) is 11.2. The molecule has 2 unspecified atom stereocenters. The monoisotopic (exact) mass is 262 g/mol. The SMILES string of the molecule is C=Cc1ccc(C2(O)CC3CCC(C2)S3=O)cc1. The van der Waals surface area contributed by atoms with Gasteiger partial charge in [-0.2, -0.15) is 0 Å². The molecule has 2 nitrogen and oxygen atoms in total. The summed E-state index contributed by atoms with van der Waals surface area (Å²) in [7, 11) is -0.721. The van der Waals surface area contributed by atoms with E-state index in [-0.39, 0.29) is 10.5 Å². The molecular weight excluding hydrogens is 244 g/mol. The largest absolute Gasteiger partial charge is 0.385 e. The Morgan fingerprint density at radius 3 is 2.28 bits per heavy atom. The second-order valence-electron chi connectivity index (χ2n) is 5.42. The third-order valence-electron chi connectivity index (χ3n) is 4.28. The van der Waals surface area contributed by atoms with Crippen LogP contribution < -0.4 is 0 Å². The standard InChI is InChI=1S/C15H18O2S/c1-2-11-3-5-12(6-4-11)15(16)9-13-7-8-14(10-15)18(13)17/h2-6,13-14,16H,1,7-10H2. The molecule has 0 saturated carbocycles. The first-order valence-corrected chi connectivity index (χ1v) is 7.75. The van der Waals surface area contributed by atoms with Gasteiger partial charge in [-0.3, -0.25) is 4.21 Å². The number of fused-ring (bicyclic) bond motifs is 2. The van der Waals surface area contributed by atoms with Crippen LogP contribution in [-0.2, 0) is 16.4 Å². The van der Waals surface area contributed by atoms with Crippen molar-refractivity contribution in [3.63, 3.8) is 0 Å². The summed E-state index contributed by atoms with van der Waals surface area (Å²) in [5.74, 6) is 0. The Kier molecular flexibility index (Phi) is 2.91. The summed E-state index contributed by atoms with van der Waals surface area (Å²) in [6.07, 6.45) is 5.09. The fourth-order valence-electron chi connectivity index (χ4n) is 3.25. The molecular formula is C15H18O2S. The first kappa shape index (κ1) is 12.1. The van der Waals surface area contributed by atoms with Gasteiger partial charge in [0.05, 0.1) is 5.60 Å². The maximum atomic E-state index is 12.0. The molecule has 2 bridgehead atoms. The van der Waals surface area contributed by atoms with Crippen molar-refractivity contribution in [1.29, 1.82) is 0 Å². The number of rotatable bonds is 2. The van der Waals surface area contributed by atoms with Gasteiger partial charge in [-0.1, -0.05) is 36.9 Å². The van der Waals surface area contributed by atoms with Crippen LogP contribution in [0.15, 0.2) is 30.8 Å². The fourth-order valence-corrected chi connectivity index (χ4v) is 5.41. The van der Waals surface area contributed by atoms with Crippen molar-refractivity contribution >= 4 is 16.9 Å². The number of hydrogen-bond donors (Lipinski definition) is 1. The molecule has 2 heterocycles. The van der Waals surface area contributed by atoms with Gasteiger partial charge < -0.3 is 5.11 Å².